The predicted molar refractivity (Wildman–Crippen MR) is 77.1 cm³/mol. The van der Waals surface area contributed by atoms with Crippen molar-refractivity contribution in [3.8, 4) is 0 Å². The van der Waals surface area contributed by atoms with E-state index in [4.69, 9.17) is 9.47 Å². The van der Waals surface area contributed by atoms with E-state index in [1.165, 1.54) is 5.56 Å². The lowest BCUT2D eigenvalue weighted by atomic mass is 10.1. The summed E-state index contributed by atoms with van der Waals surface area (Å²) in [6, 6.07) is 10.8. The summed E-state index contributed by atoms with van der Waals surface area (Å²) in [7, 11) is 0. The summed E-state index contributed by atoms with van der Waals surface area (Å²) in [5.41, 5.74) is 7.84. The molecule has 1 aromatic carbocycles. The van der Waals surface area contributed by atoms with Crippen LogP contribution in [0.4, 0.5) is 0 Å². The number of benzene rings is 1. The number of hydrazine groups is 1. The first-order valence-corrected chi connectivity index (χ1v) is 7.39. The number of hydrogen-bond donors (Lipinski definition) is 2. The highest BCUT2D eigenvalue weighted by molar-refractivity contribution is 5.19. The van der Waals surface area contributed by atoms with Crippen molar-refractivity contribution in [2.45, 2.75) is 18.7 Å². The fraction of sp³-hybridized carbons (Fsp3) is 0.600. The van der Waals surface area contributed by atoms with Gasteiger partial charge in [-0.2, -0.15) is 0 Å². The average molecular weight is 277 g/mol. The van der Waals surface area contributed by atoms with Crippen LogP contribution in [0.25, 0.3) is 0 Å². The molecule has 0 amide bonds. The zero-order valence-corrected chi connectivity index (χ0v) is 11.8. The minimum absolute atomic E-state index is 0.0984. The molecule has 0 aliphatic carbocycles. The third-order valence-corrected chi connectivity index (χ3v) is 3.90. The van der Waals surface area contributed by atoms with Crippen LogP contribution in [0.1, 0.15) is 18.0 Å². The molecule has 0 saturated carbocycles. The summed E-state index contributed by atoms with van der Waals surface area (Å²) in [6.45, 7) is 5.48. The molecule has 2 fully saturated rings. The Kier molecular flexibility index (Phi) is 5.00. The Morgan fingerprint density at radius 3 is 2.75 bits per heavy atom. The lowest BCUT2D eigenvalue weighted by Crippen LogP contribution is -2.40. The maximum Gasteiger partial charge on any atom is 0.122 e. The highest BCUT2D eigenvalue weighted by Crippen LogP contribution is 2.22. The lowest BCUT2D eigenvalue weighted by molar-refractivity contribution is -0.00397. The molecule has 5 heteroatoms. The van der Waals surface area contributed by atoms with Gasteiger partial charge in [0.25, 0.3) is 0 Å². The van der Waals surface area contributed by atoms with Crippen molar-refractivity contribution >= 4 is 0 Å². The van der Waals surface area contributed by atoms with Gasteiger partial charge in [0.1, 0.15) is 6.23 Å². The summed E-state index contributed by atoms with van der Waals surface area (Å²) in [4.78, 5) is 2.39. The molecule has 2 aliphatic rings. The smallest absolute Gasteiger partial charge is 0.122 e. The molecule has 110 valence electrons. The summed E-state index contributed by atoms with van der Waals surface area (Å²) < 4.78 is 11.2. The molecule has 0 bridgehead atoms. The van der Waals surface area contributed by atoms with Gasteiger partial charge < -0.3 is 9.47 Å². The second-order valence-corrected chi connectivity index (χ2v) is 5.30. The van der Waals surface area contributed by atoms with Gasteiger partial charge in [-0.3, -0.25) is 4.90 Å². The fourth-order valence-electron chi connectivity index (χ4n) is 2.69. The van der Waals surface area contributed by atoms with Crippen LogP contribution in [0.2, 0.25) is 0 Å². The molecule has 3 rings (SSSR count). The summed E-state index contributed by atoms with van der Waals surface area (Å²) >= 11 is 0. The number of nitrogens with one attached hydrogen (secondary N) is 2. The number of nitrogens with zero attached hydrogens (tertiary/aromatic N) is 1. The van der Waals surface area contributed by atoms with Crippen LogP contribution in [0.15, 0.2) is 30.3 Å². The quantitative estimate of drug-likeness (QED) is 0.837. The van der Waals surface area contributed by atoms with Crippen LogP contribution in [-0.4, -0.2) is 50.6 Å². The van der Waals surface area contributed by atoms with Crippen molar-refractivity contribution in [1.82, 2.24) is 15.8 Å². The van der Waals surface area contributed by atoms with Crippen molar-refractivity contribution in [2.24, 2.45) is 0 Å². The standard InChI is InChI=1S/C15H23N3O2/c1-2-4-13(5-3-1)14-12-15(17-16-14)20-11-8-18-6-9-19-10-7-18/h1-5,14-17H,6-12H2. The van der Waals surface area contributed by atoms with Gasteiger partial charge in [-0.1, -0.05) is 30.3 Å². The summed E-state index contributed by atoms with van der Waals surface area (Å²) in [6.07, 6.45) is 1.06. The molecule has 0 spiro atoms. The van der Waals surface area contributed by atoms with E-state index in [0.29, 0.717) is 6.04 Å². The predicted octanol–water partition coefficient (Wildman–Crippen LogP) is 0.900. The maximum absolute atomic E-state index is 5.90. The molecule has 0 radical (unpaired) electrons. The van der Waals surface area contributed by atoms with E-state index in [-0.39, 0.29) is 6.23 Å². The highest BCUT2D eigenvalue weighted by atomic mass is 16.5. The molecule has 2 unspecified atom stereocenters. The van der Waals surface area contributed by atoms with Crippen LogP contribution in [0.3, 0.4) is 0 Å². The molecule has 2 atom stereocenters. The van der Waals surface area contributed by atoms with Gasteiger partial charge in [0, 0.05) is 26.1 Å². The number of morpholine rings is 1. The van der Waals surface area contributed by atoms with Crippen LogP contribution >= 0.6 is 0 Å². The molecule has 0 aromatic heterocycles. The average Bonchev–Trinajstić information content (AvgIpc) is 2.98. The molecule has 2 aliphatic heterocycles. The molecular formula is C15H23N3O2. The largest absolute Gasteiger partial charge is 0.379 e. The zero-order valence-electron chi connectivity index (χ0n) is 11.8. The van der Waals surface area contributed by atoms with E-state index < -0.39 is 0 Å². The SMILES string of the molecule is c1ccc(C2CC(OCCN3CCOCC3)NN2)cc1. The van der Waals surface area contributed by atoms with Crippen molar-refractivity contribution in [1.29, 1.82) is 0 Å². The van der Waals surface area contributed by atoms with E-state index in [1.54, 1.807) is 0 Å². The lowest BCUT2D eigenvalue weighted by Gasteiger charge is -2.26. The Labute approximate surface area is 120 Å². The van der Waals surface area contributed by atoms with Crippen LogP contribution in [0.5, 0.6) is 0 Å². The van der Waals surface area contributed by atoms with Crippen molar-refractivity contribution in [3.63, 3.8) is 0 Å². The minimum atomic E-state index is 0.0984. The van der Waals surface area contributed by atoms with Crippen molar-refractivity contribution in [2.75, 3.05) is 39.5 Å². The van der Waals surface area contributed by atoms with Gasteiger partial charge >= 0.3 is 0 Å². The Hall–Kier alpha value is -0.980. The normalized spacial score (nSPS) is 27.8. The van der Waals surface area contributed by atoms with Gasteiger partial charge in [-0.15, -0.1) is 0 Å². The maximum atomic E-state index is 5.90. The van der Waals surface area contributed by atoms with Gasteiger partial charge in [0.2, 0.25) is 0 Å². The first-order chi connectivity index (χ1) is 9.92. The minimum Gasteiger partial charge on any atom is -0.379 e. The molecule has 2 heterocycles. The number of rotatable bonds is 5. The fourth-order valence-corrected chi connectivity index (χ4v) is 2.69. The summed E-state index contributed by atoms with van der Waals surface area (Å²) in [5.74, 6) is 0. The van der Waals surface area contributed by atoms with Gasteiger partial charge in [0.05, 0.1) is 25.9 Å². The zero-order chi connectivity index (χ0) is 13.6. The van der Waals surface area contributed by atoms with Gasteiger partial charge in [0.15, 0.2) is 0 Å². The number of hydrogen-bond acceptors (Lipinski definition) is 5. The van der Waals surface area contributed by atoms with E-state index >= 15 is 0 Å². The first kappa shape index (κ1) is 14.0. The van der Waals surface area contributed by atoms with E-state index in [1.807, 2.05) is 6.07 Å². The molecule has 20 heavy (non-hydrogen) atoms. The topological polar surface area (TPSA) is 45.8 Å². The van der Waals surface area contributed by atoms with Crippen LogP contribution < -0.4 is 10.9 Å². The Morgan fingerprint density at radius 1 is 1.15 bits per heavy atom. The first-order valence-electron chi connectivity index (χ1n) is 7.39. The van der Waals surface area contributed by atoms with Crippen LogP contribution in [-0.2, 0) is 9.47 Å². The Bertz CT molecular complexity index is 395. The Morgan fingerprint density at radius 2 is 1.95 bits per heavy atom. The second-order valence-electron chi connectivity index (χ2n) is 5.30. The van der Waals surface area contributed by atoms with E-state index in [0.717, 1.165) is 45.9 Å². The molecule has 2 N–H and O–H groups in total. The third kappa shape index (κ3) is 3.77. The third-order valence-electron chi connectivity index (χ3n) is 3.90. The highest BCUT2D eigenvalue weighted by Gasteiger charge is 2.25. The Balaban J connectivity index is 1.37. The van der Waals surface area contributed by atoms with Crippen molar-refractivity contribution in [3.05, 3.63) is 35.9 Å². The molecular weight excluding hydrogens is 254 g/mol. The second kappa shape index (κ2) is 7.15. The molecule has 5 nitrogen and oxygen atoms in total. The van der Waals surface area contributed by atoms with E-state index in [9.17, 15) is 0 Å². The molecule has 1 aromatic rings. The van der Waals surface area contributed by atoms with Gasteiger partial charge in [-0.05, 0) is 5.56 Å². The van der Waals surface area contributed by atoms with Crippen molar-refractivity contribution < 1.29 is 9.47 Å². The molecule has 2 saturated heterocycles. The van der Waals surface area contributed by atoms with E-state index in [2.05, 4.69) is 40.0 Å². The number of ether oxygens (including phenoxy) is 2. The van der Waals surface area contributed by atoms with Crippen LogP contribution in [0, 0.1) is 0 Å². The summed E-state index contributed by atoms with van der Waals surface area (Å²) in [5, 5.41) is 0. The monoisotopic (exact) mass is 277 g/mol. The van der Waals surface area contributed by atoms with Gasteiger partial charge in [-0.25, -0.2) is 10.9 Å².